The molecule has 0 spiro atoms. The largest absolute Gasteiger partial charge is 0.493 e. The Hall–Kier alpha value is -2.28. The van der Waals surface area contributed by atoms with E-state index in [9.17, 15) is 0 Å². The number of aryl methyl sites for hydroxylation is 2. The van der Waals surface area contributed by atoms with Crippen LogP contribution in [0.3, 0.4) is 0 Å². The third-order valence-electron chi connectivity index (χ3n) is 2.99. The van der Waals surface area contributed by atoms with Crippen LogP contribution in [-0.2, 0) is 6.61 Å². The van der Waals surface area contributed by atoms with Crippen molar-refractivity contribution in [2.75, 3.05) is 7.11 Å². The van der Waals surface area contributed by atoms with Crippen molar-refractivity contribution in [3.8, 4) is 11.5 Å². The summed E-state index contributed by atoms with van der Waals surface area (Å²) in [6.45, 7) is 4.38. The number of thiazole rings is 1. The molecule has 0 aliphatic carbocycles. The normalized spacial score (nSPS) is 11.5. The Kier molecular flexibility index (Phi) is 4.64. The number of hydrogen-bond donors (Lipinski definition) is 2. The molecule has 0 saturated carbocycles. The topological polar surface area (TPSA) is 90.0 Å². The molecular formula is C14H17N3O3S. The van der Waals surface area contributed by atoms with E-state index in [0.29, 0.717) is 23.7 Å². The number of hydrogen-bond acceptors (Lipinski definition) is 6. The van der Waals surface area contributed by atoms with Gasteiger partial charge < -0.3 is 20.4 Å². The first-order chi connectivity index (χ1) is 10.0. The summed E-state index contributed by atoms with van der Waals surface area (Å²) in [5.41, 5.74) is 7.13. The van der Waals surface area contributed by atoms with Gasteiger partial charge in [0.2, 0.25) is 0 Å². The fraction of sp³-hybridized carbons (Fsp3) is 0.286. The predicted molar refractivity (Wildman–Crippen MR) is 81.4 cm³/mol. The molecule has 21 heavy (non-hydrogen) atoms. The van der Waals surface area contributed by atoms with Gasteiger partial charge in [-0.15, -0.1) is 11.3 Å². The number of aromatic nitrogens is 1. The van der Waals surface area contributed by atoms with Crippen molar-refractivity contribution in [3.05, 3.63) is 39.3 Å². The van der Waals surface area contributed by atoms with Crippen LogP contribution in [0.2, 0.25) is 0 Å². The smallest absolute Gasteiger partial charge is 0.170 e. The van der Waals surface area contributed by atoms with Crippen molar-refractivity contribution in [2.45, 2.75) is 20.5 Å². The third-order valence-corrected chi connectivity index (χ3v) is 4.04. The maximum atomic E-state index is 8.69. The van der Waals surface area contributed by atoms with Gasteiger partial charge in [-0.3, -0.25) is 0 Å². The van der Waals surface area contributed by atoms with Crippen LogP contribution < -0.4 is 15.2 Å². The van der Waals surface area contributed by atoms with Crippen LogP contribution in [0.1, 0.15) is 21.1 Å². The lowest BCUT2D eigenvalue weighted by molar-refractivity contribution is 0.284. The lowest BCUT2D eigenvalue weighted by Crippen LogP contribution is -2.13. The van der Waals surface area contributed by atoms with Crippen molar-refractivity contribution in [3.63, 3.8) is 0 Å². The lowest BCUT2D eigenvalue weighted by atomic mass is 10.2. The molecule has 7 heteroatoms. The standard InChI is InChI=1S/C14H17N3O3S/c1-8-9(2)21-13(16-8)7-20-11-5-4-10(14(15)17-18)6-12(11)19-3/h4-6,18H,7H2,1-3H3,(H2,15,17). The molecule has 0 bridgehead atoms. The molecule has 0 atom stereocenters. The van der Waals surface area contributed by atoms with E-state index in [2.05, 4.69) is 10.1 Å². The Morgan fingerprint density at radius 3 is 2.71 bits per heavy atom. The molecule has 0 amide bonds. The quantitative estimate of drug-likeness (QED) is 0.383. The number of rotatable bonds is 5. The minimum Gasteiger partial charge on any atom is -0.493 e. The van der Waals surface area contributed by atoms with Crippen molar-refractivity contribution in [1.82, 2.24) is 4.98 Å². The molecule has 0 aliphatic heterocycles. The molecule has 0 fully saturated rings. The molecule has 2 rings (SSSR count). The van der Waals surface area contributed by atoms with Gasteiger partial charge >= 0.3 is 0 Å². The molecular weight excluding hydrogens is 290 g/mol. The van der Waals surface area contributed by atoms with Gasteiger partial charge in [-0.2, -0.15) is 0 Å². The summed E-state index contributed by atoms with van der Waals surface area (Å²) in [6, 6.07) is 5.08. The molecule has 0 aliphatic rings. The zero-order valence-corrected chi connectivity index (χ0v) is 12.9. The minimum absolute atomic E-state index is 0.0195. The highest BCUT2D eigenvalue weighted by molar-refractivity contribution is 7.11. The number of benzene rings is 1. The van der Waals surface area contributed by atoms with Crippen LogP contribution in [-0.4, -0.2) is 23.1 Å². The van der Waals surface area contributed by atoms with Crippen molar-refractivity contribution in [1.29, 1.82) is 0 Å². The zero-order chi connectivity index (χ0) is 15.4. The van der Waals surface area contributed by atoms with Crippen LogP contribution in [0.25, 0.3) is 0 Å². The summed E-state index contributed by atoms with van der Waals surface area (Å²) in [7, 11) is 1.54. The predicted octanol–water partition coefficient (Wildman–Crippen LogP) is 2.44. The molecule has 0 unspecified atom stereocenters. The second-order valence-corrected chi connectivity index (χ2v) is 5.68. The second kappa shape index (κ2) is 6.45. The Balaban J connectivity index is 2.16. The maximum Gasteiger partial charge on any atom is 0.170 e. The Bertz CT molecular complexity index is 648. The van der Waals surface area contributed by atoms with Crippen molar-refractivity contribution in [2.24, 2.45) is 10.9 Å². The molecule has 0 radical (unpaired) electrons. The van der Waals surface area contributed by atoms with E-state index in [-0.39, 0.29) is 5.84 Å². The van der Waals surface area contributed by atoms with Crippen LogP contribution in [0.15, 0.2) is 23.4 Å². The van der Waals surface area contributed by atoms with Crippen LogP contribution >= 0.6 is 11.3 Å². The summed E-state index contributed by atoms with van der Waals surface area (Å²) in [4.78, 5) is 5.60. The summed E-state index contributed by atoms with van der Waals surface area (Å²) < 4.78 is 11.0. The van der Waals surface area contributed by atoms with E-state index in [1.807, 2.05) is 13.8 Å². The van der Waals surface area contributed by atoms with Gasteiger partial charge in [0.1, 0.15) is 11.6 Å². The number of methoxy groups -OCH3 is 1. The number of nitrogens with zero attached hydrogens (tertiary/aromatic N) is 2. The summed E-state index contributed by atoms with van der Waals surface area (Å²) >= 11 is 1.61. The zero-order valence-electron chi connectivity index (χ0n) is 12.1. The van der Waals surface area contributed by atoms with Gasteiger partial charge in [-0.25, -0.2) is 4.98 Å². The number of ether oxygens (including phenoxy) is 2. The van der Waals surface area contributed by atoms with Crippen molar-refractivity contribution >= 4 is 17.2 Å². The summed E-state index contributed by atoms with van der Waals surface area (Å²) in [5.74, 6) is 1.12. The SMILES string of the molecule is COc1cc(/C(N)=N/O)ccc1OCc1nc(C)c(C)s1. The average Bonchev–Trinajstić information content (AvgIpc) is 2.82. The van der Waals surface area contributed by atoms with Gasteiger partial charge in [0, 0.05) is 10.4 Å². The van der Waals surface area contributed by atoms with Gasteiger partial charge in [0.15, 0.2) is 17.3 Å². The number of nitrogens with two attached hydrogens (primary N) is 1. The van der Waals surface area contributed by atoms with E-state index < -0.39 is 0 Å². The number of amidine groups is 1. The lowest BCUT2D eigenvalue weighted by Gasteiger charge is -2.11. The second-order valence-electron chi connectivity index (χ2n) is 4.39. The fourth-order valence-electron chi connectivity index (χ4n) is 1.74. The Labute approximate surface area is 126 Å². The first-order valence-electron chi connectivity index (χ1n) is 6.26. The highest BCUT2D eigenvalue weighted by atomic mass is 32.1. The molecule has 1 aromatic heterocycles. The highest BCUT2D eigenvalue weighted by Gasteiger charge is 2.10. The van der Waals surface area contributed by atoms with E-state index in [1.165, 1.54) is 12.0 Å². The van der Waals surface area contributed by atoms with Gasteiger partial charge in [0.25, 0.3) is 0 Å². The number of oxime groups is 1. The molecule has 3 N–H and O–H groups in total. The van der Waals surface area contributed by atoms with Crippen LogP contribution in [0.4, 0.5) is 0 Å². The molecule has 112 valence electrons. The Morgan fingerprint density at radius 2 is 2.14 bits per heavy atom. The van der Waals surface area contributed by atoms with E-state index in [4.69, 9.17) is 20.4 Å². The third kappa shape index (κ3) is 3.43. The monoisotopic (exact) mass is 307 g/mol. The van der Waals surface area contributed by atoms with Crippen molar-refractivity contribution < 1.29 is 14.7 Å². The van der Waals surface area contributed by atoms with Gasteiger partial charge in [-0.05, 0) is 32.0 Å². The van der Waals surface area contributed by atoms with E-state index in [0.717, 1.165) is 10.7 Å². The van der Waals surface area contributed by atoms with E-state index in [1.54, 1.807) is 29.5 Å². The molecule has 6 nitrogen and oxygen atoms in total. The van der Waals surface area contributed by atoms with E-state index >= 15 is 0 Å². The maximum absolute atomic E-state index is 8.69. The molecule has 1 heterocycles. The summed E-state index contributed by atoms with van der Waals surface area (Å²) in [6.07, 6.45) is 0. The molecule has 2 aromatic rings. The highest BCUT2D eigenvalue weighted by Crippen LogP contribution is 2.29. The minimum atomic E-state index is 0.0195. The van der Waals surface area contributed by atoms with Gasteiger partial charge in [0.05, 0.1) is 12.8 Å². The molecule has 0 saturated heterocycles. The first kappa shape index (κ1) is 15.1. The van der Waals surface area contributed by atoms with Crippen LogP contribution in [0.5, 0.6) is 11.5 Å². The fourth-order valence-corrected chi connectivity index (χ4v) is 2.59. The van der Waals surface area contributed by atoms with Gasteiger partial charge in [-0.1, -0.05) is 5.16 Å². The van der Waals surface area contributed by atoms with Crippen LogP contribution in [0, 0.1) is 13.8 Å². The first-order valence-corrected chi connectivity index (χ1v) is 7.08. The summed E-state index contributed by atoms with van der Waals surface area (Å²) in [5, 5.41) is 12.6. The molecule has 1 aromatic carbocycles. The average molecular weight is 307 g/mol. The Morgan fingerprint density at radius 1 is 1.38 bits per heavy atom.